The van der Waals surface area contributed by atoms with Crippen molar-refractivity contribution in [2.45, 2.75) is 210 Å². The molecule has 1 amide bonds. The number of alkyl halides is 1. The van der Waals surface area contributed by atoms with Crippen LogP contribution in [-0.4, -0.2) is 202 Å². The quantitative estimate of drug-likeness (QED) is 0.124. The third kappa shape index (κ3) is 13.5. The van der Waals surface area contributed by atoms with Gasteiger partial charge in [0.05, 0.1) is 47.6 Å². The van der Waals surface area contributed by atoms with Crippen molar-refractivity contribution >= 4 is 17.6 Å². The molecule has 9 N–H and O–H groups in total. The van der Waals surface area contributed by atoms with E-state index in [1.54, 1.807) is 55.6 Å². The maximum atomic E-state index is 14.4. The number of hydrogen-bond donors (Lipinski definition) is 8. The van der Waals surface area contributed by atoms with E-state index >= 15 is 0 Å². The van der Waals surface area contributed by atoms with E-state index in [2.05, 4.69) is 10.2 Å². The number of esters is 1. The Kier molecular flexibility index (Phi) is 19.3. The topological polar surface area (TPSA) is 249 Å². The van der Waals surface area contributed by atoms with Gasteiger partial charge in [0.25, 0.3) is 0 Å². The van der Waals surface area contributed by atoms with Gasteiger partial charge in [0.15, 0.2) is 12.6 Å². The average Bonchev–Trinajstić information content (AvgIpc) is 3.67. The van der Waals surface area contributed by atoms with E-state index < -0.39 is 121 Å². The first-order valence-corrected chi connectivity index (χ1v) is 26.5. The molecule has 0 unspecified atom stereocenters. The molecule has 0 spiro atoms. The Bertz CT molecular complexity index is 1920. The average molecular weight is 1020 g/mol. The summed E-state index contributed by atoms with van der Waals surface area (Å²) < 4.78 is 46.3. The van der Waals surface area contributed by atoms with E-state index in [-0.39, 0.29) is 44.1 Å². The van der Waals surface area contributed by atoms with Crippen LogP contribution in [0.1, 0.15) is 107 Å². The van der Waals surface area contributed by atoms with Crippen LogP contribution in [0.5, 0.6) is 0 Å². The van der Waals surface area contributed by atoms with E-state index in [1.165, 1.54) is 13.8 Å². The zero-order valence-corrected chi connectivity index (χ0v) is 44.9. The predicted octanol–water partition coefficient (Wildman–Crippen LogP) is 2.10. The first kappa shape index (κ1) is 58.6. The molecule has 6 rings (SSSR count). The standard InChI is InChI=1S/C53H90FN5O13/c1-13-40-53(10,67)46(62)32(6)58(12)25-28(2)22-52(9,66)48(30(4)45(31(5)49(64)70-40)71-42-23-51(8,65)47(63)33(7)69-42)72-50-44(61)39(20-29(3)68-50)57(11)19-18-41(60)56-35(24-54)21-34-14-16-36(17-15-34)59-26-37-38(27-59)43(37)55/h14-17,28-33,35,37-40,42-48,50,61-63,65-67H,13,18-27,55H2,1-12H3,(H,56,60)/t28-,29-,30+,31-,32-,33+,35+,37-,38+,39+,40-,42+,43+,44-,45+,46-,47+,48-,50+,51-,52-,53-/m1/s1. The lowest BCUT2D eigenvalue weighted by Gasteiger charge is -2.48. The molecular weight excluding hydrogens is 934 g/mol. The highest BCUT2D eigenvalue weighted by Crippen LogP contribution is 2.45. The number of rotatable bonds is 14. The van der Waals surface area contributed by atoms with Gasteiger partial charge in [0, 0.05) is 68.8 Å². The van der Waals surface area contributed by atoms with Crippen molar-refractivity contribution in [3.63, 3.8) is 0 Å². The fraction of sp³-hybridized carbons (Fsp3) is 0.849. The van der Waals surface area contributed by atoms with E-state index in [1.807, 2.05) is 47.9 Å². The molecule has 4 saturated heterocycles. The maximum Gasteiger partial charge on any atom is 0.311 e. The van der Waals surface area contributed by atoms with Crippen molar-refractivity contribution in [2.24, 2.45) is 35.3 Å². The molecule has 5 fully saturated rings. The molecule has 1 aliphatic carbocycles. The number of hydrogen-bond acceptors (Lipinski definition) is 17. The number of carbonyl (C=O) groups excluding carboxylic acids is 2. The summed E-state index contributed by atoms with van der Waals surface area (Å²) in [6.45, 7) is 18.5. The molecule has 72 heavy (non-hydrogen) atoms. The summed E-state index contributed by atoms with van der Waals surface area (Å²) in [4.78, 5) is 33.8. The number of aliphatic hydroxyl groups is 6. The highest BCUT2D eigenvalue weighted by Gasteiger charge is 2.54. The van der Waals surface area contributed by atoms with Crippen molar-refractivity contribution in [3.05, 3.63) is 29.8 Å². The van der Waals surface area contributed by atoms with Gasteiger partial charge in [0.1, 0.15) is 36.7 Å². The Balaban J connectivity index is 1.20. The normalized spacial score (nSPS) is 44.1. The number of likely N-dealkylation sites (N-methyl/N-ethyl adjacent to an activating group) is 2. The minimum Gasteiger partial charge on any atom is -0.459 e. The molecule has 0 aromatic heterocycles. The minimum absolute atomic E-state index is 0.0266. The second kappa shape index (κ2) is 23.7. The third-order valence-electron chi connectivity index (χ3n) is 17.0. The van der Waals surface area contributed by atoms with Gasteiger partial charge in [0.2, 0.25) is 5.91 Å². The molecule has 412 valence electrons. The summed E-state index contributed by atoms with van der Waals surface area (Å²) in [5, 5.41) is 73.2. The van der Waals surface area contributed by atoms with Crippen LogP contribution in [0.15, 0.2) is 24.3 Å². The SMILES string of the molecule is CC[C@H]1OC(=O)[C@H](C)[C@@H](O[C@H]2C[C@@](C)(O)[C@@H](O)[C@H](C)O2)[C@H](C)[C@@H](O[C@@H]2O[C@H](C)C[C@H](N(C)CCC(=O)N[C@H](CF)Cc3ccc(N4C[C@@H]5[C@@H](N)[C@@H]5C4)cc3)[C@H]2O)[C@](C)(O)C[C@@H](C)CN(C)[C@H](C)[C@@H](O)[C@]1(C)O. The summed E-state index contributed by atoms with van der Waals surface area (Å²) in [7, 11) is 3.59. The van der Waals surface area contributed by atoms with Crippen LogP contribution >= 0.6 is 0 Å². The van der Waals surface area contributed by atoms with Crippen molar-refractivity contribution in [2.75, 3.05) is 51.8 Å². The minimum atomic E-state index is -1.87. The lowest BCUT2D eigenvalue weighted by atomic mass is 9.77. The Hall–Kier alpha value is -2.63. The van der Waals surface area contributed by atoms with Crippen molar-refractivity contribution < 1.29 is 68.3 Å². The van der Waals surface area contributed by atoms with Gasteiger partial charge in [-0.25, -0.2) is 4.39 Å². The number of anilines is 1. The number of halogens is 1. The molecule has 22 atom stereocenters. The summed E-state index contributed by atoms with van der Waals surface area (Å²) in [6, 6.07) is 6.43. The molecule has 1 aromatic carbocycles. The monoisotopic (exact) mass is 1020 g/mol. The summed E-state index contributed by atoms with van der Waals surface area (Å²) >= 11 is 0. The number of nitrogens with one attached hydrogen (secondary N) is 1. The van der Waals surface area contributed by atoms with E-state index in [0.717, 1.165) is 24.3 Å². The number of nitrogens with zero attached hydrogens (tertiary/aromatic N) is 3. The summed E-state index contributed by atoms with van der Waals surface area (Å²) in [5.41, 5.74) is 2.94. The molecule has 1 aromatic rings. The lowest BCUT2D eigenvalue weighted by molar-refractivity contribution is -0.316. The molecule has 4 heterocycles. The van der Waals surface area contributed by atoms with Crippen LogP contribution in [0.2, 0.25) is 0 Å². The van der Waals surface area contributed by atoms with Crippen molar-refractivity contribution in [1.82, 2.24) is 15.1 Å². The summed E-state index contributed by atoms with van der Waals surface area (Å²) in [5.74, 6) is -2.27. The predicted molar refractivity (Wildman–Crippen MR) is 268 cm³/mol. The fourth-order valence-electron chi connectivity index (χ4n) is 12.3. The van der Waals surface area contributed by atoms with E-state index in [0.29, 0.717) is 37.3 Å². The zero-order valence-electron chi connectivity index (χ0n) is 44.9. The lowest BCUT2D eigenvalue weighted by Crippen LogP contribution is -2.60. The Morgan fingerprint density at radius 2 is 1.58 bits per heavy atom. The number of ether oxygens (including phenoxy) is 5. The molecule has 4 aliphatic heterocycles. The Labute approximate surface area is 427 Å². The van der Waals surface area contributed by atoms with Crippen molar-refractivity contribution in [1.29, 1.82) is 0 Å². The second-order valence-corrected chi connectivity index (χ2v) is 23.4. The maximum absolute atomic E-state index is 14.4. The molecule has 0 bridgehead atoms. The molecule has 19 heteroatoms. The number of piperidine rings is 1. The van der Waals surface area contributed by atoms with Crippen molar-refractivity contribution in [3.8, 4) is 0 Å². The smallest absolute Gasteiger partial charge is 0.311 e. The van der Waals surface area contributed by atoms with E-state index in [9.17, 15) is 44.6 Å². The molecule has 5 aliphatic rings. The molecule has 18 nitrogen and oxygen atoms in total. The Morgan fingerprint density at radius 1 is 0.944 bits per heavy atom. The third-order valence-corrected chi connectivity index (χ3v) is 17.0. The molecule has 0 radical (unpaired) electrons. The van der Waals surface area contributed by atoms with Gasteiger partial charge in [-0.3, -0.25) is 9.59 Å². The number of amides is 1. The number of cyclic esters (lactones) is 1. The second-order valence-electron chi connectivity index (χ2n) is 23.4. The van der Waals surface area contributed by atoms with Gasteiger partial charge < -0.3 is 80.1 Å². The van der Waals surface area contributed by atoms with Gasteiger partial charge in [-0.2, -0.15) is 0 Å². The first-order valence-electron chi connectivity index (χ1n) is 26.5. The zero-order chi connectivity index (χ0) is 53.4. The first-order chi connectivity index (χ1) is 33.6. The van der Waals surface area contributed by atoms with Crippen LogP contribution in [0, 0.1) is 29.6 Å². The largest absolute Gasteiger partial charge is 0.459 e. The number of carbonyl (C=O) groups is 2. The van der Waals surface area contributed by atoms with Crippen LogP contribution in [0.3, 0.4) is 0 Å². The number of nitrogens with two attached hydrogens (primary N) is 1. The highest BCUT2D eigenvalue weighted by molar-refractivity contribution is 5.76. The van der Waals surface area contributed by atoms with Crippen LogP contribution < -0.4 is 16.0 Å². The fourth-order valence-corrected chi connectivity index (χ4v) is 12.3. The van der Waals surface area contributed by atoms with Crippen LogP contribution in [-0.2, 0) is 39.7 Å². The number of aliphatic hydroxyl groups excluding tert-OH is 3. The van der Waals surface area contributed by atoms with Gasteiger partial charge in [-0.15, -0.1) is 0 Å². The van der Waals surface area contributed by atoms with Crippen LogP contribution in [0.4, 0.5) is 10.1 Å². The van der Waals surface area contributed by atoms with Gasteiger partial charge in [-0.1, -0.05) is 32.9 Å². The summed E-state index contributed by atoms with van der Waals surface area (Å²) in [6.07, 6.45) is -10.3. The highest BCUT2D eigenvalue weighted by atomic mass is 19.1. The number of fused-ring (bicyclic) bond motifs is 1. The van der Waals surface area contributed by atoms with Gasteiger partial charge in [-0.05, 0) is 124 Å². The van der Waals surface area contributed by atoms with E-state index in [4.69, 9.17) is 29.4 Å². The molecule has 1 saturated carbocycles. The Morgan fingerprint density at radius 3 is 2.18 bits per heavy atom. The van der Waals surface area contributed by atoms with Gasteiger partial charge >= 0.3 is 5.97 Å². The number of benzene rings is 1. The molecular formula is C53H90FN5O13. The van der Waals surface area contributed by atoms with Crippen LogP contribution in [0.25, 0.3) is 0 Å².